The normalized spacial score (nSPS) is 14.8. The van der Waals surface area contributed by atoms with Gasteiger partial charge >= 0.3 is 0 Å². The molecule has 0 spiro atoms. The molecule has 3 aromatic rings. The summed E-state index contributed by atoms with van der Waals surface area (Å²) in [4.78, 5) is 2.29. The van der Waals surface area contributed by atoms with Gasteiger partial charge in [-0.15, -0.1) is 0 Å². The Morgan fingerprint density at radius 3 is 2.63 bits per heavy atom. The third-order valence-electron chi connectivity index (χ3n) is 7.19. The predicted octanol–water partition coefficient (Wildman–Crippen LogP) is 6.17. The van der Waals surface area contributed by atoms with Gasteiger partial charge in [0.15, 0.2) is 11.6 Å². The highest BCUT2D eigenvalue weighted by Crippen LogP contribution is 2.40. The standard InChI is InChI=1S/C31H38F2N2O3/c1-21(2)35(20-22-4-11-31(29(33)16-22)38-15-14-34-13-12-32)30-19-27(37-3)9-10-28(30)25-6-5-24-18-26(36)8-7-23(24)17-25/h4,7-11,16,18-19,21,25,34,36H,5-6,12-15,17,20H2,1-3H3. The number of fused-ring (bicyclic) bond motifs is 1. The maximum absolute atomic E-state index is 14.9. The van der Waals surface area contributed by atoms with Gasteiger partial charge in [0.05, 0.1) is 7.11 Å². The van der Waals surface area contributed by atoms with Crippen LogP contribution in [0.3, 0.4) is 0 Å². The Bertz CT molecular complexity index is 1220. The molecule has 3 aromatic carbocycles. The quantitative estimate of drug-likeness (QED) is 0.278. The van der Waals surface area contributed by atoms with Crippen LogP contribution in [0.25, 0.3) is 0 Å². The third kappa shape index (κ3) is 6.76. The number of nitrogens with one attached hydrogen (secondary N) is 1. The highest BCUT2D eigenvalue weighted by molar-refractivity contribution is 5.60. The van der Waals surface area contributed by atoms with Crippen molar-refractivity contribution in [3.05, 3.63) is 82.7 Å². The molecule has 0 radical (unpaired) electrons. The Morgan fingerprint density at radius 2 is 1.89 bits per heavy atom. The average Bonchev–Trinajstić information content (AvgIpc) is 2.91. The van der Waals surface area contributed by atoms with Crippen LogP contribution in [0.2, 0.25) is 0 Å². The van der Waals surface area contributed by atoms with Crippen molar-refractivity contribution in [1.29, 1.82) is 0 Å². The van der Waals surface area contributed by atoms with Crippen molar-refractivity contribution in [1.82, 2.24) is 5.32 Å². The second-order valence-corrected chi connectivity index (χ2v) is 10.1. The molecule has 0 aliphatic heterocycles. The van der Waals surface area contributed by atoms with Crippen LogP contribution in [0.15, 0.2) is 54.6 Å². The Labute approximate surface area is 224 Å². The van der Waals surface area contributed by atoms with E-state index in [0.29, 0.717) is 24.8 Å². The van der Waals surface area contributed by atoms with Crippen molar-refractivity contribution in [2.45, 2.75) is 51.6 Å². The maximum Gasteiger partial charge on any atom is 0.165 e. The van der Waals surface area contributed by atoms with Gasteiger partial charge in [0.25, 0.3) is 0 Å². The van der Waals surface area contributed by atoms with Crippen molar-refractivity contribution >= 4 is 5.69 Å². The molecule has 0 heterocycles. The monoisotopic (exact) mass is 524 g/mol. The molecule has 0 aromatic heterocycles. The summed E-state index contributed by atoms with van der Waals surface area (Å²) in [6.07, 6.45) is 2.81. The Morgan fingerprint density at radius 1 is 1.05 bits per heavy atom. The first kappa shape index (κ1) is 27.7. The number of rotatable bonds is 12. The lowest BCUT2D eigenvalue weighted by Crippen LogP contribution is -2.32. The number of nitrogens with zero attached hydrogens (tertiary/aromatic N) is 1. The molecule has 1 aliphatic rings. The minimum atomic E-state index is -0.441. The first-order valence-corrected chi connectivity index (χ1v) is 13.3. The van der Waals surface area contributed by atoms with Gasteiger partial charge < -0.3 is 24.8 Å². The van der Waals surface area contributed by atoms with Crippen molar-refractivity contribution in [2.75, 3.05) is 38.4 Å². The second kappa shape index (κ2) is 13.0. The number of hydrogen-bond donors (Lipinski definition) is 2. The van der Waals surface area contributed by atoms with Crippen LogP contribution >= 0.6 is 0 Å². The SMILES string of the molecule is COc1ccc(C2CCc3cc(O)ccc3C2)c(N(Cc2ccc(OCCNCCF)c(F)c2)C(C)C)c1. The third-order valence-corrected chi connectivity index (χ3v) is 7.19. The Kier molecular flexibility index (Phi) is 9.45. The fourth-order valence-electron chi connectivity index (χ4n) is 5.18. The second-order valence-electron chi connectivity index (χ2n) is 10.1. The highest BCUT2D eigenvalue weighted by atomic mass is 19.1. The van der Waals surface area contributed by atoms with Gasteiger partial charge in [0.1, 0.15) is 24.8 Å². The van der Waals surface area contributed by atoms with Gasteiger partial charge in [-0.3, -0.25) is 0 Å². The Balaban J connectivity index is 1.56. The van der Waals surface area contributed by atoms with E-state index in [1.165, 1.54) is 22.8 Å². The summed E-state index contributed by atoms with van der Waals surface area (Å²) in [5.41, 5.74) is 5.67. The summed E-state index contributed by atoms with van der Waals surface area (Å²) in [5.74, 6) is 1.21. The number of aryl methyl sites for hydroxylation is 1. The van der Waals surface area contributed by atoms with Gasteiger partial charge in [-0.2, -0.15) is 0 Å². The van der Waals surface area contributed by atoms with Crippen LogP contribution in [-0.2, 0) is 19.4 Å². The molecule has 2 N–H and O–H groups in total. The summed E-state index contributed by atoms with van der Waals surface area (Å²) in [6.45, 7) is 5.36. The zero-order chi connectivity index (χ0) is 27.1. The van der Waals surface area contributed by atoms with E-state index in [1.54, 1.807) is 19.2 Å². The summed E-state index contributed by atoms with van der Waals surface area (Å²) >= 11 is 0. The number of phenolic OH excluding ortho intramolecular Hbond substituents is 1. The van der Waals surface area contributed by atoms with E-state index in [0.717, 1.165) is 36.3 Å². The van der Waals surface area contributed by atoms with Crippen molar-refractivity contribution < 1.29 is 23.4 Å². The lowest BCUT2D eigenvalue weighted by molar-refractivity contribution is 0.296. The van der Waals surface area contributed by atoms with Crippen LogP contribution in [0.1, 0.15) is 48.4 Å². The molecule has 0 bridgehead atoms. The number of anilines is 1. The van der Waals surface area contributed by atoms with Gasteiger partial charge in [-0.1, -0.05) is 18.2 Å². The van der Waals surface area contributed by atoms with Gasteiger partial charge in [-0.25, -0.2) is 8.78 Å². The number of ether oxygens (including phenoxy) is 2. The van der Waals surface area contributed by atoms with Gasteiger partial charge in [-0.05, 0) is 91.6 Å². The molecular weight excluding hydrogens is 486 g/mol. The van der Waals surface area contributed by atoms with Crippen molar-refractivity contribution in [3.63, 3.8) is 0 Å². The highest BCUT2D eigenvalue weighted by Gasteiger charge is 2.26. The Hall–Kier alpha value is -3.32. The first-order chi connectivity index (χ1) is 18.4. The summed E-state index contributed by atoms with van der Waals surface area (Å²) in [6, 6.07) is 17.2. The lowest BCUT2D eigenvalue weighted by Gasteiger charge is -2.35. The molecule has 1 aliphatic carbocycles. The number of aromatic hydroxyl groups is 1. The average molecular weight is 525 g/mol. The molecule has 1 atom stereocenters. The molecule has 0 amide bonds. The van der Waals surface area contributed by atoms with Crippen LogP contribution in [0, 0.1) is 5.82 Å². The van der Waals surface area contributed by atoms with Crippen LogP contribution in [0.5, 0.6) is 17.2 Å². The van der Waals surface area contributed by atoms with Gasteiger partial charge in [0, 0.05) is 37.4 Å². The summed E-state index contributed by atoms with van der Waals surface area (Å²) in [5, 5.41) is 12.8. The molecule has 5 nitrogen and oxygen atoms in total. The number of methoxy groups -OCH3 is 1. The lowest BCUT2D eigenvalue weighted by atomic mass is 9.79. The van der Waals surface area contributed by atoms with E-state index >= 15 is 0 Å². The van der Waals surface area contributed by atoms with E-state index in [1.807, 2.05) is 24.3 Å². The zero-order valence-electron chi connectivity index (χ0n) is 22.5. The van der Waals surface area contributed by atoms with Gasteiger partial charge in [0.2, 0.25) is 0 Å². The molecule has 1 unspecified atom stereocenters. The van der Waals surface area contributed by atoms with Crippen molar-refractivity contribution in [3.8, 4) is 17.2 Å². The molecular formula is C31H38F2N2O3. The summed E-state index contributed by atoms with van der Waals surface area (Å²) < 4.78 is 38.2. The molecule has 0 fully saturated rings. The van der Waals surface area contributed by atoms with Crippen LogP contribution < -0.4 is 19.7 Å². The molecule has 0 saturated carbocycles. The first-order valence-electron chi connectivity index (χ1n) is 13.3. The molecule has 204 valence electrons. The van der Waals surface area contributed by atoms with E-state index in [4.69, 9.17) is 9.47 Å². The van der Waals surface area contributed by atoms with E-state index in [9.17, 15) is 13.9 Å². The molecule has 38 heavy (non-hydrogen) atoms. The van der Waals surface area contributed by atoms with Crippen LogP contribution in [-0.4, -0.2) is 44.6 Å². The van der Waals surface area contributed by atoms with Crippen LogP contribution in [0.4, 0.5) is 14.5 Å². The molecule has 0 saturated heterocycles. The molecule has 4 rings (SSSR count). The predicted molar refractivity (Wildman–Crippen MR) is 148 cm³/mol. The number of alkyl halides is 1. The topological polar surface area (TPSA) is 54.0 Å². The number of halogens is 2. The number of phenols is 1. The largest absolute Gasteiger partial charge is 0.508 e. The van der Waals surface area contributed by atoms with E-state index in [2.05, 4.69) is 36.2 Å². The van der Waals surface area contributed by atoms with E-state index < -0.39 is 12.5 Å². The number of benzene rings is 3. The summed E-state index contributed by atoms with van der Waals surface area (Å²) in [7, 11) is 1.67. The van der Waals surface area contributed by atoms with E-state index in [-0.39, 0.29) is 24.9 Å². The minimum Gasteiger partial charge on any atom is -0.508 e. The smallest absolute Gasteiger partial charge is 0.165 e. The maximum atomic E-state index is 14.9. The number of hydrogen-bond acceptors (Lipinski definition) is 5. The zero-order valence-corrected chi connectivity index (χ0v) is 22.5. The fourth-order valence-corrected chi connectivity index (χ4v) is 5.18. The molecule has 7 heteroatoms. The van der Waals surface area contributed by atoms with Crippen molar-refractivity contribution in [2.24, 2.45) is 0 Å². The fraction of sp³-hybridized carbons (Fsp3) is 0.419. The minimum absolute atomic E-state index is 0.161.